The van der Waals surface area contributed by atoms with Crippen molar-refractivity contribution >= 4 is 11.8 Å². The zero-order valence-corrected chi connectivity index (χ0v) is 18.8. The van der Waals surface area contributed by atoms with Crippen molar-refractivity contribution in [1.82, 2.24) is 16.0 Å². The number of nitrogens with one attached hydrogen (secondary N) is 3. The lowest BCUT2D eigenvalue weighted by atomic mass is 9.87. The fourth-order valence-electron chi connectivity index (χ4n) is 4.01. The Labute approximate surface area is 202 Å². The van der Waals surface area contributed by atoms with Gasteiger partial charge in [0, 0.05) is 23.7 Å². The van der Waals surface area contributed by atoms with E-state index in [4.69, 9.17) is 4.42 Å². The van der Waals surface area contributed by atoms with Crippen LogP contribution in [0, 0.1) is 11.6 Å². The minimum atomic E-state index is -4.53. The van der Waals surface area contributed by atoms with Gasteiger partial charge in [-0.25, -0.2) is 8.78 Å². The van der Waals surface area contributed by atoms with Crippen LogP contribution < -0.4 is 16.0 Å². The number of piperidine rings is 1. The number of hydrogen-bond donors (Lipinski definition) is 3. The van der Waals surface area contributed by atoms with E-state index in [9.17, 15) is 31.5 Å². The van der Waals surface area contributed by atoms with Crippen molar-refractivity contribution in [2.24, 2.45) is 0 Å². The summed E-state index contributed by atoms with van der Waals surface area (Å²) < 4.78 is 71.7. The number of halogens is 5. The summed E-state index contributed by atoms with van der Waals surface area (Å²) in [5.74, 6) is -2.95. The van der Waals surface area contributed by atoms with Crippen molar-refractivity contribution in [1.29, 1.82) is 0 Å². The maximum atomic E-state index is 14.0. The van der Waals surface area contributed by atoms with Gasteiger partial charge in [-0.05, 0) is 56.3 Å². The molecule has 0 aliphatic carbocycles. The number of carbonyl (C=O) groups is 2. The fourth-order valence-corrected chi connectivity index (χ4v) is 4.01. The first-order valence-corrected chi connectivity index (χ1v) is 11.1. The molecule has 3 N–H and O–H groups in total. The molecule has 0 unspecified atom stereocenters. The number of carbonyl (C=O) groups excluding carboxylic acids is 2. The topological polar surface area (TPSA) is 83.4 Å². The first kappa shape index (κ1) is 25.4. The van der Waals surface area contributed by atoms with Gasteiger partial charge in [-0.15, -0.1) is 0 Å². The molecule has 11 heteroatoms. The van der Waals surface area contributed by atoms with Crippen molar-refractivity contribution < 1.29 is 36.0 Å². The molecule has 0 spiro atoms. The Hall–Kier alpha value is -3.73. The molecular formula is C25H22F5N3O3. The standard InChI is InChI=1S/C25H22F5N3O3/c26-18-5-4-16(19(27)13-18)14-32-23(35)24(8-10-31-11-9-24)33-22(34)21-7-6-20(36-21)15-2-1-3-17(12-15)25(28,29)30/h1-7,12-13,31H,8-11,14H2,(H,32,35)(H,33,34). The molecule has 1 aliphatic heterocycles. The van der Waals surface area contributed by atoms with Crippen molar-refractivity contribution in [3.05, 3.63) is 83.1 Å². The number of amides is 2. The lowest BCUT2D eigenvalue weighted by Gasteiger charge is -2.36. The molecule has 1 saturated heterocycles. The summed E-state index contributed by atoms with van der Waals surface area (Å²) in [5.41, 5.74) is -1.97. The molecule has 0 bridgehead atoms. The Balaban J connectivity index is 1.50. The summed E-state index contributed by atoms with van der Waals surface area (Å²) in [5, 5.41) is 8.38. The minimum Gasteiger partial charge on any atom is -0.451 e. The van der Waals surface area contributed by atoms with Crippen LogP contribution in [0.25, 0.3) is 11.3 Å². The van der Waals surface area contributed by atoms with Crippen molar-refractivity contribution in [3.8, 4) is 11.3 Å². The van der Waals surface area contributed by atoms with Gasteiger partial charge in [-0.3, -0.25) is 9.59 Å². The number of hydrogen-bond acceptors (Lipinski definition) is 4. The van der Waals surface area contributed by atoms with Gasteiger partial charge in [-0.2, -0.15) is 13.2 Å². The molecule has 2 aromatic carbocycles. The quantitative estimate of drug-likeness (QED) is 0.432. The van der Waals surface area contributed by atoms with Crippen LogP contribution in [0.3, 0.4) is 0 Å². The second-order valence-electron chi connectivity index (χ2n) is 8.45. The molecule has 36 heavy (non-hydrogen) atoms. The van der Waals surface area contributed by atoms with E-state index in [1.54, 1.807) is 0 Å². The highest BCUT2D eigenvalue weighted by atomic mass is 19.4. The molecule has 0 radical (unpaired) electrons. The summed E-state index contributed by atoms with van der Waals surface area (Å²) in [4.78, 5) is 26.1. The van der Waals surface area contributed by atoms with Gasteiger partial charge in [0.25, 0.3) is 5.91 Å². The second-order valence-corrected chi connectivity index (χ2v) is 8.45. The van der Waals surface area contributed by atoms with Crippen LogP contribution in [0.5, 0.6) is 0 Å². The molecule has 1 aromatic heterocycles. The smallest absolute Gasteiger partial charge is 0.416 e. The van der Waals surface area contributed by atoms with Crippen LogP contribution in [0.15, 0.2) is 59.0 Å². The highest BCUT2D eigenvalue weighted by molar-refractivity contribution is 5.98. The number of alkyl halides is 3. The summed E-state index contributed by atoms with van der Waals surface area (Å²) >= 11 is 0. The zero-order valence-electron chi connectivity index (χ0n) is 18.8. The van der Waals surface area contributed by atoms with Crippen LogP contribution in [-0.2, 0) is 17.5 Å². The summed E-state index contributed by atoms with van der Waals surface area (Å²) in [6.07, 6.45) is -4.07. The van der Waals surface area contributed by atoms with Crippen LogP contribution in [-0.4, -0.2) is 30.4 Å². The summed E-state index contributed by atoms with van der Waals surface area (Å²) in [7, 11) is 0. The largest absolute Gasteiger partial charge is 0.451 e. The molecule has 6 nitrogen and oxygen atoms in total. The Morgan fingerprint density at radius 3 is 2.44 bits per heavy atom. The molecule has 0 atom stereocenters. The van der Waals surface area contributed by atoms with Gasteiger partial charge in [0.15, 0.2) is 5.76 Å². The highest BCUT2D eigenvalue weighted by Crippen LogP contribution is 2.33. The van der Waals surface area contributed by atoms with Gasteiger partial charge in [-0.1, -0.05) is 18.2 Å². The van der Waals surface area contributed by atoms with E-state index in [0.29, 0.717) is 19.2 Å². The first-order chi connectivity index (χ1) is 17.1. The van der Waals surface area contributed by atoms with Gasteiger partial charge < -0.3 is 20.4 Å². The van der Waals surface area contributed by atoms with Crippen LogP contribution in [0.4, 0.5) is 22.0 Å². The predicted molar refractivity (Wildman–Crippen MR) is 120 cm³/mol. The second kappa shape index (κ2) is 10.1. The van der Waals surface area contributed by atoms with E-state index < -0.39 is 40.7 Å². The predicted octanol–water partition coefficient (Wildman–Crippen LogP) is 4.41. The van der Waals surface area contributed by atoms with E-state index in [2.05, 4.69) is 16.0 Å². The van der Waals surface area contributed by atoms with Crippen LogP contribution >= 0.6 is 0 Å². The minimum absolute atomic E-state index is 0.0573. The Bertz CT molecular complexity index is 1270. The molecular weight excluding hydrogens is 485 g/mol. The molecule has 190 valence electrons. The third kappa shape index (κ3) is 5.56. The lowest BCUT2D eigenvalue weighted by Crippen LogP contribution is -2.62. The maximum Gasteiger partial charge on any atom is 0.416 e. The third-order valence-corrected chi connectivity index (χ3v) is 6.00. The molecule has 1 aliphatic rings. The summed E-state index contributed by atoms with van der Waals surface area (Å²) in [6.45, 7) is 0.634. The maximum absolute atomic E-state index is 14.0. The molecule has 2 amide bonds. The van der Waals surface area contributed by atoms with E-state index in [1.807, 2.05) is 0 Å². The molecule has 1 fully saturated rings. The zero-order chi connectivity index (χ0) is 25.9. The van der Waals surface area contributed by atoms with Crippen molar-refractivity contribution in [2.75, 3.05) is 13.1 Å². The first-order valence-electron chi connectivity index (χ1n) is 11.1. The Kier molecular flexibility index (Phi) is 7.11. The van der Waals surface area contributed by atoms with Crippen molar-refractivity contribution in [3.63, 3.8) is 0 Å². The Morgan fingerprint density at radius 2 is 1.75 bits per heavy atom. The third-order valence-electron chi connectivity index (χ3n) is 6.00. The fraction of sp³-hybridized carbons (Fsp3) is 0.280. The summed E-state index contributed by atoms with van der Waals surface area (Å²) in [6, 6.07) is 10.2. The van der Waals surface area contributed by atoms with Gasteiger partial charge in [0.1, 0.15) is 22.9 Å². The number of furan rings is 1. The van der Waals surface area contributed by atoms with E-state index in [0.717, 1.165) is 18.2 Å². The van der Waals surface area contributed by atoms with E-state index >= 15 is 0 Å². The lowest BCUT2D eigenvalue weighted by molar-refractivity contribution is -0.137. The van der Waals surface area contributed by atoms with Crippen LogP contribution in [0.1, 0.15) is 34.5 Å². The number of rotatable bonds is 6. The molecule has 4 rings (SSSR count). The van der Waals surface area contributed by atoms with Crippen molar-refractivity contribution in [2.45, 2.75) is 31.1 Å². The monoisotopic (exact) mass is 507 g/mol. The highest BCUT2D eigenvalue weighted by Gasteiger charge is 2.41. The van der Waals surface area contributed by atoms with E-state index in [1.165, 1.54) is 30.3 Å². The normalized spacial score (nSPS) is 15.4. The van der Waals surface area contributed by atoms with E-state index in [-0.39, 0.29) is 42.0 Å². The van der Waals surface area contributed by atoms with Gasteiger partial charge in [0.2, 0.25) is 5.91 Å². The van der Waals surface area contributed by atoms with Gasteiger partial charge >= 0.3 is 6.18 Å². The van der Waals surface area contributed by atoms with Crippen LogP contribution in [0.2, 0.25) is 0 Å². The average molecular weight is 507 g/mol. The Morgan fingerprint density at radius 1 is 1.00 bits per heavy atom. The number of benzene rings is 2. The molecule has 2 heterocycles. The van der Waals surface area contributed by atoms with Gasteiger partial charge in [0.05, 0.1) is 5.56 Å². The SMILES string of the molecule is O=C(NC1(C(=O)NCc2ccc(F)cc2F)CCNCC1)c1ccc(-c2cccc(C(F)(F)F)c2)o1. The average Bonchev–Trinajstić information content (AvgIpc) is 3.34. The molecule has 0 saturated carbocycles. The molecule has 3 aromatic rings.